The summed E-state index contributed by atoms with van der Waals surface area (Å²) in [6.07, 6.45) is 0.845. The molecule has 0 aliphatic heterocycles. The summed E-state index contributed by atoms with van der Waals surface area (Å²) in [6.45, 7) is 4.03. The summed E-state index contributed by atoms with van der Waals surface area (Å²) in [4.78, 5) is 0. The van der Waals surface area contributed by atoms with Crippen LogP contribution in [0.25, 0.3) is 6.08 Å². The molecule has 0 spiro atoms. The van der Waals surface area contributed by atoms with Gasteiger partial charge in [-0.1, -0.05) is 24.8 Å². The lowest BCUT2D eigenvalue weighted by Gasteiger charge is -2.12. The number of hydrogen-bond donors (Lipinski definition) is 1. The summed E-state index contributed by atoms with van der Waals surface area (Å²) in [5.41, 5.74) is 0. The molecule has 1 heterocycles. The Balaban J connectivity index is 1.86. The van der Waals surface area contributed by atoms with E-state index in [4.69, 9.17) is 4.74 Å². The van der Waals surface area contributed by atoms with Crippen molar-refractivity contribution in [3.8, 4) is 5.75 Å². The highest BCUT2D eigenvalue weighted by atomic mass is 16.5. The summed E-state index contributed by atoms with van der Waals surface area (Å²) in [7, 11) is 0. The van der Waals surface area contributed by atoms with E-state index in [9.17, 15) is 5.11 Å². The molecule has 1 aromatic carbocycles. The molecule has 2 rings (SSSR count). The van der Waals surface area contributed by atoms with Crippen molar-refractivity contribution < 1.29 is 9.84 Å². The Kier molecular flexibility index (Phi) is 4.03. The number of rotatable bonds is 6. The summed E-state index contributed by atoms with van der Waals surface area (Å²) in [5.74, 6) is 1.24. The predicted molar refractivity (Wildman–Crippen MR) is 65.9 cm³/mol. The van der Waals surface area contributed by atoms with Crippen LogP contribution in [0.1, 0.15) is 5.82 Å². The fourth-order valence-corrected chi connectivity index (χ4v) is 1.45. The number of ether oxygens (including phenoxy) is 1. The monoisotopic (exact) mass is 246 g/mol. The third-order valence-corrected chi connectivity index (χ3v) is 2.31. The molecule has 1 aromatic heterocycles. The highest BCUT2D eigenvalue weighted by Crippen LogP contribution is 2.09. The van der Waals surface area contributed by atoms with Gasteiger partial charge in [0, 0.05) is 0 Å². The maximum Gasteiger partial charge on any atom is 0.174 e. The Labute approximate surface area is 105 Å². The maximum atomic E-state index is 9.83. The van der Waals surface area contributed by atoms with Gasteiger partial charge in [0.2, 0.25) is 0 Å². The number of tetrazole rings is 1. The minimum atomic E-state index is -0.688. The Morgan fingerprint density at radius 2 is 2.17 bits per heavy atom. The summed E-state index contributed by atoms with van der Waals surface area (Å²) >= 11 is 0. The van der Waals surface area contributed by atoms with Crippen LogP contribution in [0.15, 0.2) is 36.9 Å². The van der Waals surface area contributed by atoms with E-state index in [1.807, 2.05) is 30.3 Å². The molecule has 0 saturated heterocycles. The van der Waals surface area contributed by atoms with Gasteiger partial charge in [0.25, 0.3) is 0 Å². The first-order valence-corrected chi connectivity index (χ1v) is 5.54. The maximum absolute atomic E-state index is 9.83. The molecule has 94 valence electrons. The molecule has 6 heteroatoms. The summed E-state index contributed by atoms with van der Waals surface area (Å²) in [5, 5.41) is 20.8. The van der Waals surface area contributed by atoms with Crippen molar-refractivity contribution in [2.24, 2.45) is 0 Å². The van der Waals surface area contributed by atoms with Crippen molar-refractivity contribution in [1.29, 1.82) is 0 Å². The molecule has 0 bridgehead atoms. The largest absolute Gasteiger partial charge is 0.491 e. The Morgan fingerprint density at radius 1 is 1.39 bits per heavy atom. The highest BCUT2D eigenvalue weighted by Gasteiger charge is 2.10. The zero-order chi connectivity index (χ0) is 12.8. The van der Waals surface area contributed by atoms with Crippen molar-refractivity contribution in [2.45, 2.75) is 12.6 Å². The first-order valence-electron chi connectivity index (χ1n) is 5.54. The number of aliphatic hydroxyl groups is 1. The van der Waals surface area contributed by atoms with Crippen LogP contribution in [0, 0.1) is 0 Å². The van der Waals surface area contributed by atoms with Gasteiger partial charge in [0.1, 0.15) is 18.5 Å². The minimum absolute atomic E-state index is 0.181. The molecule has 0 amide bonds. The van der Waals surface area contributed by atoms with Crippen molar-refractivity contribution in [3.63, 3.8) is 0 Å². The molecular formula is C12H14N4O2. The number of benzene rings is 1. The van der Waals surface area contributed by atoms with E-state index in [-0.39, 0.29) is 13.2 Å². The molecule has 2 aromatic rings. The average Bonchev–Trinajstić information content (AvgIpc) is 2.85. The van der Waals surface area contributed by atoms with Gasteiger partial charge < -0.3 is 9.84 Å². The van der Waals surface area contributed by atoms with Crippen LogP contribution in [0.5, 0.6) is 5.75 Å². The van der Waals surface area contributed by atoms with Crippen LogP contribution in [0.4, 0.5) is 0 Å². The Hall–Kier alpha value is -2.21. The molecular weight excluding hydrogens is 232 g/mol. The van der Waals surface area contributed by atoms with Gasteiger partial charge in [-0.15, -0.1) is 5.10 Å². The predicted octanol–water partition coefficient (Wildman–Crippen LogP) is 0.756. The molecule has 0 fully saturated rings. The molecule has 1 atom stereocenters. The normalized spacial score (nSPS) is 12.1. The second kappa shape index (κ2) is 5.92. The second-order valence-corrected chi connectivity index (χ2v) is 3.70. The lowest BCUT2D eigenvalue weighted by molar-refractivity contribution is 0.0886. The van der Waals surface area contributed by atoms with E-state index in [2.05, 4.69) is 22.1 Å². The van der Waals surface area contributed by atoms with Crippen molar-refractivity contribution >= 4 is 6.08 Å². The highest BCUT2D eigenvalue weighted by molar-refractivity contribution is 5.34. The summed E-state index contributed by atoms with van der Waals surface area (Å²) < 4.78 is 6.91. The van der Waals surface area contributed by atoms with Crippen molar-refractivity contribution in [1.82, 2.24) is 20.2 Å². The first-order chi connectivity index (χ1) is 8.79. The quantitative estimate of drug-likeness (QED) is 0.814. The molecule has 6 nitrogen and oxygen atoms in total. The van der Waals surface area contributed by atoms with E-state index in [0.29, 0.717) is 5.82 Å². The van der Waals surface area contributed by atoms with E-state index in [1.165, 1.54) is 10.8 Å². The van der Waals surface area contributed by atoms with E-state index in [1.54, 1.807) is 0 Å². The van der Waals surface area contributed by atoms with Crippen LogP contribution in [-0.4, -0.2) is 38.0 Å². The molecule has 0 aliphatic rings. The lowest BCUT2D eigenvalue weighted by atomic mass is 10.3. The van der Waals surface area contributed by atoms with E-state index >= 15 is 0 Å². The molecule has 1 N–H and O–H groups in total. The van der Waals surface area contributed by atoms with Crippen LogP contribution < -0.4 is 4.74 Å². The van der Waals surface area contributed by atoms with Crippen molar-refractivity contribution in [2.75, 3.05) is 6.61 Å². The number of hydrogen-bond acceptors (Lipinski definition) is 5. The molecule has 0 saturated carbocycles. The minimum Gasteiger partial charge on any atom is -0.491 e. The lowest BCUT2D eigenvalue weighted by Crippen LogP contribution is -2.24. The third-order valence-electron chi connectivity index (χ3n) is 2.31. The van der Waals surface area contributed by atoms with Crippen LogP contribution >= 0.6 is 0 Å². The fraction of sp³-hybridized carbons (Fsp3) is 0.250. The van der Waals surface area contributed by atoms with E-state index < -0.39 is 6.10 Å². The zero-order valence-corrected chi connectivity index (χ0v) is 9.81. The van der Waals surface area contributed by atoms with Gasteiger partial charge in [0.05, 0.1) is 6.54 Å². The topological polar surface area (TPSA) is 73.1 Å². The van der Waals surface area contributed by atoms with E-state index in [0.717, 1.165) is 5.75 Å². The average molecular weight is 246 g/mol. The first kappa shape index (κ1) is 12.3. The molecule has 0 radical (unpaired) electrons. The van der Waals surface area contributed by atoms with Gasteiger partial charge >= 0.3 is 0 Å². The molecule has 18 heavy (non-hydrogen) atoms. The number of para-hydroxylation sites is 1. The number of aromatic nitrogens is 4. The van der Waals surface area contributed by atoms with Gasteiger partial charge in [-0.05, 0) is 28.6 Å². The third kappa shape index (κ3) is 3.14. The Bertz CT molecular complexity index is 498. The smallest absolute Gasteiger partial charge is 0.174 e. The zero-order valence-electron chi connectivity index (χ0n) is 9.81. The van der Waals surface area contributed by atoms with Crippen LogP contribution in [0.2, 0.25) is 0 Å². The van der Waals surface area contributed by atoms with Gasteiger partial charge in [-0.3, -0.25) is 0 Å². The number of aliphatic hydroxyl groups excluding tert-OH is 1. The second-order valence-electron chi connectivity index (χ2n) is 3.70. The summed E-state index contributed by atoms with van der Waals surface area (Å²) in [6, 6.07) is 9.32. The SMILES string of the molecule is C=Cc1nnnn1C[C@H](O)COc1ccccc1. The standard InChI is InChI=1S/C12H14N4O2/c1-2-12-13-14-15-16(12)8-10(17)9-18-11-6-4-3-5-7-11/h2-7,10,17H,1,8-9H2/t10-/m0/s1. The molecule has 0 aliphatic carbocycles. The Morgan fingerprint density at radius 3 is 2.89 bits per heavy atom. The van der Waals surface area contributed by atoms with Crippen molar-refractivity contribution in [3.05, 3.63) is 42.7 Å². The molecule has 0 unspecified atom stereocenters. The van der Waals surface area contributed by atoms with Gasteiger partial charge in [-0.25, -0.2) is 4.68 Å². The number of nitrogens with zero attached hydrogens (tertiary/aromatic N) is 4. The fourth-order valence-electron chi connectivity index (χ4n) is 1.45. The van der Waals surface area contributed by atoms with Gasteiger partial charge in [-0.2, -0.15) is 0 Å². The van der Waals surface area contributed by atoms with Crippen LogP contribution in [-0.2, 0) is 6.54 Å². The van der Waals surface area contributed by atoms with Crippen LogP contribution in [0.3, 0.4) is 0 Å². The van der Waals surface area contributed by atoms with Gasteiger partial charge in [0.15, 0.2) is 5.82 Å².